The van der Waals surface area contributed by atoms with Crippen molar-refractivity contribution in [2.75, 3.05) is 0 Å². The number of nitrogens with zero attached hydrogens (tertiary/aromatic N) is 1. The molecule has 0 saturated carbocycles. The fourth-order valence-electron chi connectivity index (χ4n) is 3.95. The van der Waals surface area contributed by atoms with E-state index in [-0.39, 0.29) is 5.43 Å². The predicted molar refractivity (Wildman–Crippen MR) is 125 cm³/mol. The highest BCUT2D eigenvalue weighted by Gasteiger charge is 2.16. The first-order valence-corrected chi connectivity index (χ1v) is 10.5. The molecular formula is C26H25ClN2O. The number of benzene rings is 3. The summed E-state index contributed by atoms with van der Waals surface area (Å²) in [4.78, 5) is 19.1. The Morgan fingerprint density at radius 1 is 0.833 bits per heavy atom. The number of aromatic amines is 1. The first-order chi connectivity index (χ1) is 14.5. The quantitative estimate of drug-likeness (QED) is 0.418. The van der Waals surface area contributed by atoms with Crippen LogP contribution < -0.4 is 5.43 Å². The van der Waals surface area contributed by atoms with E-state index in [1.165, 1.54) is 11.1 Å². The lowest BCUT2D eigenvalue weighted by Gasteiger charge is -2.24. The Morgan fingerprint density at radius 3 is 1.97 bits per heavy atom. The molecule has 0 amide bonds. The molecule has 1 N–H and O–H groups in total. The Kier molecular flexibility index (Phi) is 6.03. The second-order valence-electron chi connectivity index (χ2n) is 7.82. The van der Waals surface area contributed by atoms with Crippen molar-refractivity contribution in [2.45, 2.75) is 33.5 Å². The molecule has 0 fully saturated rings. The van der Waals surface area contributed by atoms with Gasteiger partial charge in [0.1, 0.15) is 0 Å². The van der Waals surface area contributed by atoms with Gasteiger partial charge in [-0.3, -0.25) is 9.69 Å². The summed E-state index contributed by atoms with van der Waals surface area (Å²) in [5, 5.41) is 1.24. The van der Waals surface area contributed by atoms with E-state index in [4.69, 9.17) is 11.6 Å². The van der Waals surface area contributed by atoms with E-state index >= 15 is 0 Å². The van der Waals surface area contributed by atoms with Gasteiger partial charge in [0.25, 0.3) is 0 Å². The van der Waals surface area contributed by atoms with Gasteiger partial charge < -0.3 is 4.98 Å². The number of halogens is 1. The van der Waals surface area contributed by atoms with Crippen LogP contribution in [0.5, 0.6) is 0 Å². The van der Waals surface area contributed by atoms with Crippen LogP contribution in [-0.2, 0) is 19.6 Å². The van der Waals surface area contributed by atoms with Crippen LogP contribution in [0.3, 0.4) is 0 Å². The van der Waals surface area contributed by atoms with Crippen LogP contribution >= 0.6 is 11.6 Å². The van der Waals surface area contributed by atoms with Crippen LogP contribution in [0.2, 0.25) is 5.02 Å². The van der Waals surface area contributed by atoms with Gasteiger partial charge in [0.15, 0.2) is 5.43 Å². The van der Waals surface area contributed by atoms with Gasteiger partial charge in [0.05, 0.1) is 5.52 Å². The molecule has 0 atom stereocenters. The maximum atomic E-state index is 13.4. The second-order valence-corrected chi connectivity index (χ2v) is 8.26. The molecule has 0 saturated heterocycles. The molecule has 30 heavy (non-hydrogen) atoms. The highest BCUT2D eigenvalue weighted by molar-refractivity contribution is 6.31. The van der Waals surface area contributed by atoms with E-state index in [0.717, 1.165) is 35.4 Å². The molecule has 0 spiro atoms. The van der Waals surface area contributed by atoms with Crippen molar-refractivity contribution < 1.29 is 0 Å². The van der Waals surface area contributed by atoms with E-state index in [2.05, 4.69) is 58.4 Å². The van der Waals surface area contributed by atoms with E-state index in [1.54, 1.807) is 6.07 Å². The normalized spacial score (nSPS) is 11.3. The molecular weight excluding hydrogens is 392 g/mol. The highest BCUT2D eigenvalue weighted by atomic mass is 35.5. The minimum Gasteiger partial charge on any atom is -0.358 e. The summed E-state index contributed by atoms with van der Waals surface area (Å²) in [5.41, 5.74) is 6.04. The molecule has 4 rings (SSSR count). The van der Waals surface area contributed by atoms with Gasteiger partial charge >= 0.3 is 0 Å². The first kappa shape index (κ1) is 20.4. The Hall–Kier alpha value is -2.88. The standard InChI is InChI=1S/C26H25ClN2O/c1-18-13-22(27)14-23-25(18)28-19(2)24(26(23)30)17-29(15-20-9-5-3-6-10-20)16-21-11-7-4-8-12-21/h3-14H,15-17H2,1-2H3,(H,28,30). The Labute approximate surface area is 181 Å². The molecule has 152 valence electrons. The smallest absolute Gasteiger partial charge is 0.194 e. The van der Waals surface area contributed by atoms with Crippen molar-refractivity contribution in [1.82, 2.24) is 9.88 Å². The summed E-state index contributed by atoms with van der Waals surface area (Å²) in [7, 11) is 0. The number of rotatable bonds is 6. The number of aromatic nitrogens is 1. The summed E-state index contributed by atoms with van der Waals surface area (Å²) in [6.07, 6.45) is 0. The van der Waals surface area contributed by atoms with Crippen molar-refractivity contribution in [2.24, 2.45) is 0 Å². The van der Waals surface area contributed by atoms with Gasteiger partial charge in [-0.1, -0.05) is 72.3 Å². The third kappa shape index (κ3) is 4.48. The van der Waals surface area contributed by atoms with E-state index in [0.29, 0.717) is 17.0 Å². The highest BCUT2D eigenvalue weighted by Crippen LogP contribution is 2.22. The molecule has 0 aliphatic heterocycles. The molecule has 0 radical (unpaired) electrons. The summed E-state index contributed by atoms with van der Waals surface area (Å²) in [5.74, 6) is 0. The van der Waals surface area contributed by atoms with Gasteiger partial charge in [0.2, 0.25) is 0 Å². The van der Waals surface area contributed by atoms with Crippen LogP contribution in [0.15, 0.2) is 77.6 Å². The first-order valence-electron chi connectivity index (χ1n) is 10.1. The third-order valence-electron chi connectivity index (χ3n) is 5.46. The lowest BCUT2D eigenvalue weighted by molar-refractivity contribution is 0.246. The number of aryl methyl sites for hydroxylation is 2. The summed E-state index contributed by atoms with van der Waals surface area (Å²) >= 11 is 6.25. The summed E-state index contributed by atoms with van der Waals surface area (Å²) < 4.78 is 0. The topological polar surface area (TPSA) is 36.1 Å². The molecule has 1 heterocycles. The van der Waals surface area contributed by atoms with Gasteiger partial charge in [0, 0.05) is 41.3 Å². The van der Waals surface area contributed by atoms with Gasteiger partial charge in [-0.25, -0.2) is 0 Å². The lowest BCUT2D eigenvalue weighted by Crippen LogP contribution is -2.27. The van der Waals surface area contributed by atoms with Crippen LogP contribution in [-0.4, -0.2) is 9.88 Å². The van der Waals surface area contributed by atoms with Crippen molar-refractivity contribution in [3.63, 3.8) is 0 Å². The molecule has 4 heteroatoms. The van der Waals surface area contributed by atoms with Crippen LogP contribution in [0.25, 0.3) is 10.9 Å². The average molecular weight is 417 g/mol. The Bertz CT molecular complexity index is 1180. The number of hydrogen-bond donors (Lipinski definition) is 1. The number of nitrogens with one attached hydrogen (secondary N) is 1. The van der Waals surface area contributed by atoms with E-state index in [9.17, 15) is 4.79 Å². The Balaban J connectivity index is 1.73. The minimum atomic E-state index is 0.0537. The fraction of sp³-hybridized carbons (Fsp3) is 0.192. The third-order valence-corrected chi connectivity index (χ3v) is 5.68. The molecule has 0 aliphatic rings. The number of fused-ring (bicyclic) bond motifs is 1. The summed E-state index contributed by atoms with van der Waals surface area (Å²) in [6, 6.07) is 24.4. The number of pyridine rings is 1. The average Bonchev–Trinajstić information content (AvgIpc) is 2.73. The van der Waals surface area contributed by atoms with Crippen molar-refractivity contribution in [3.8, 4) is 0 Å². The van der Waals surface area contributed by atoms with Crippen LogP contribution in [0.1, 0.15) is 27.9 Å². The Morgan fingerprint density at radius 2 is 1.40 bits per heavy atom. The second kappa shape index (κ2) is 8.86. The van der Waals surface area contributed by atoms with Crippen molar-refractivity contribution in [1.29, 1.82) is 0 Å². The SMILES string of the molecule is Cc1[nH]c2c(C)cc(Cl)cc2c(=O)c1CN(Cc1ccccc1)Cc1ccccc1. The predicted octanol–water partition coefficient (Wildman–Crippen LogP) is 6.00. The van der Waals surface area contributed by atoms with Crippen molar-refractivity contribution >= 4 is 22.5 Å². The fourth-order valence-corrected chi connectivity index (χ4v) is 4.22. The number of H-pyrrole nitrogens is 1. The van der Waals surface area contributed by atoms with E-state index in [1.807, 2.05) is 32.0 Å². The lowest BCUT2D eigenvalue weighted by atomic mass is 10.0. The zero-order chi connectivity index (χ0) is 21.1. The molecule has 0 unspecified atom stereocenters. The number of hydrogen-bond acceptors (Lipinski definition) is 2. The molecule has 1 aromatic heterocycles. The van der Waals surface area contributed by atoms with Crippen LogP contribution in [0.4, 0.5) is 0 Å². The molecule has 4 aromatic rings. The summed E-state index contributed by atoms with van der Waals surface area (Å²) in [6.45, 7) is 6.04. The maximum Gasteiger partial charge on any atom is 0.194 e. The molecule has 3 nitrogen and oxygen atoms in total. The monoisotopic (exact) mass is 416 g/mol. The van der Waals surface area contributed by atoms with Gasteiger partial charge in [-0.15, -0.1) is 0 Å². The zero-order valence-corrected chi connectivity index (χ0v) is 18.0. The molecule has 0 aliphatic carbocycles. The van der Waals surface area contributed by atoms with E-state index < -0.39 is 0 Å². The van der Waals surface area contributed by atoms with Crippen molar-refractivity contribution in [3.05, 3.63) is 116 Å². The molecule has 3 aromatic carbocycles. The van der Waals surface area contributed by atoms with Gasteiger partial charge in [-0.2, -0.15) is 0 Å². The minimum absolute atomic E-state index is 0.0537. The zero-order valence-electron chi connectivity index (χ0n) is 17.3. The largest absolute Gasteiger partial charge is 0.358 e. The molecule has 0 bridgehead atoms. The van der Waals surface area contributed by atoms with Crippen LogP contribution in [0, 0.1) is 13.8 Å². The van der Waals surface area contributed by atoms with Gasteiger partial charge in [-0.05, 0) is 42.7 Å². The maximum absolute atomic E-state index is 13.4.